The molecule has 7 nitrogen and oxygen atoms in total. The molecule has 1 atom stereocenters. The Morgan fingerprint density at radius 2 is 1.85 bits per heavy atom. The first-order valence-corrected chi connectivity index (χ1v) is 10.8. The first-order chi connectivity index (χ1) is 12.6. The molecule has 0 spiro atoms. The number of rotatable bonds is 5. The molecule has 0 aromatic carbocycles. The Labute approximate surface area is 159 Å². The third-order valence-electron chi connectivity index (χ3n) is 5.11. The van der Waals surface area contributed by atoms with Crippen LogP contribution in [0.2, 0.25) is 0 Å². The second-order valence-corrected chi connectivity index (χ2v) is 9.24. The topological polar surface area (TPSA) is 77.0 Å². The molecule has 158 valence electrons. The van der Waals surface area contributed by atoms with Gasteiger partial charge in [-0.1, -0.05) is 6.92 Å². The number of nitrogens with one attached hydrogen (secondary N) is 2. The summed E-state index contributed by atoms with van der Waals surface area (Å²) in [6.07, 6.45) is 3.10. The van der Waals surface area contributed by atoms with Crippen molar-refractivity contribution in [2.24, 2.45) is 10.9 Å². The number of piperidine rings is 2. The number of aliphatic imine (C=N–C) groups is 1. The molecular formula is C16H30F3N5O2S. The van der Waals surface area contributed by atoms with Gasteiger partial charge in [-0.05, 0) is 38.1 Å². The quantitative estimate of drug-likeness (QED) is 0.523. The van der Waals surface area contributed by atoms with Crippen molar-refractivity contribution in [3.63, 3.8) is 0 Å². The van der Waals surface area contributed by atoms with Crippen LogP contribution >= 0.6 is 0 Å². The summed E-state index contributed by atoms with van der Waals surface area (Å²) in [5.41, 5.74) is -5.24. The molecule has 2 N–H and O–H groups in total. The molecule has 1 unspecified atom stereocenters. The summed E-state index contributed by atoms with van der Waals surface area (Å²) in [6, 6.07) is -0.106. The van der Waals surface area contributed by atoms with Crippen LogP contribution in [0.3, 0.4) is 0 Å². The maximum Gasteiger partial charge on any atom is 0.511 e. The van der Waals surface area contributed by atoms with Gasteiger partial charge in [0, 0.05) is 45.8 Å². The molecule has 2 saturated heterocycles. The number of alkyl halides is 3. The van der Waals surface area contributed by atoms with E-state index in [-0.39, 0.29) is 19.1 Å². The highest BCUT2D eigenvalue weighted by atomic mass is 32.2. The monoisotopic (exact) mass is 413 g/mol. The molecule has 2 aliphatic heterocycles. The van der Waals surface area contributed by atoms with Crippen molar-refractivity contribution >= 4 is 16.0 Å². The Hall–Kier alpha value is -1.07. The number of hydrogen-bond donors (Lipinski definition) is 2. The van der Waals surface area contributed by atoms with E-state index in [0.29, 0.717) is 29.0 Å². The van der Waals surface area contributed by atoms with Gasteiger partial charge >= 0.3 is 15.5 Å². The normalized spacial score (nSPS) is 24.8. The van der Waals surface area contributed by atoms with Gasteiger partial charge < -0.3 is 15.5 Å². The fourth-order valence-corrected chi connectivity index (χ4v) is 4.58. The largest absolute Gasteiger partial charge is 0.511 e. The molecule has 2 rings (SSSR count). The fourth-order valence-electron chi connectivity index (χ4n) is 3.60. The van der Waals surface area contributed by atoms with E-state index in [1.54, 1.807) is 7.05 Å². The highest BCUT2D eigenvalue weighted by Gasteiger charge is 2.50. The summed E-state index contributed by atoms with van der Waals surface area (Å²) in [5, 5.41) is 6.41. The SMILES string of the molecule is CN=C(NCCN1CCCC(C)C1)NC1CCN(S(=O)(=O)C(F)(F)F)CC1. The molecule has 0 radical (unpaired) electrons. The minimum absolute atomic E-state index is 0.106. The van der Waals surface area contributed by atoms with Crippen LogP contribution in [0, 0.1) is 5.92 Å². The van der Waals surface area contributed by atoms with Gasteiger partial charge in [0.05, 0.1) is 0 Å². The molecule has 2 aliphatic rings. The van der Waals surface area contributed by atoms with E-state index in [2.05, 4.69) is 27.4 Å². The molecule has 2 fully saturated rings. The lowest BCUT2D eigenvalue weighted by Gasteiger charge is -2.33. The van der Waals surface area contributed by atoms with Gasteiger partial charge in [-0.15, -0.1) is 0 Å². The Morgan fingerprint density at radius 1 is 1.19 bits per heavy atom. The summed E-state index contributed by atoms with van der Waals surface area (Å²) in [5.74, 6) is 1.31. The van der Waals surface area contributed by atoms with Crippen molar-refractivity contribution in [2.45, 2.75) is 44.2 Å². The minimum Gasteiger partial charge on any atom is -0.355 e. The molecule has 0 amide bonds. The predicted octanol–water partition coefficient (Wildman–Crippen LogP) is 1.20. The number of sulfonamides is 1. The lowest BCUT2D eigenvalue weighted by molar-refractivity contribution is -0.0494. The molecular weight excluding hydrogens is 383 g/mol. The van der Waals surface area contributed by atoms with Crippen LogP contribution in [-0.4, -0.2) is 81.4 Å². The van der Waals surface area contributed by atoms with Crippen LogP contribution in [0.1, 0.15) is 32.6 Å². The fraction of sp³-hybridized carbons (Fsp3) is 0.938. The van der Waals surface area contributed by atoms with E-state index < -0.39 is 15.5 Å². The molecule has 0 bridgehead atoms. The predicted molar refractivity (Wildman–Crippen MR) is 98.9 cm³/mol. The number of guanidine groups is 1. The lowest BCUT2D eigenvalue weighted by Crippen LogP contribution is -2.52. The lowest BCUT2D eigenvalue weighted by atomic mass is 10.0. The van der Waals surface area contributed by atoms with E-state index in [1.807, 2.05) is 0 Å². The van der Waals surface area contributed by atoms with Crippen molar-refractivity contribution in [3.05, 3.63) is 0 Å². The van der Waals surface area contributed by atoms with Crippen LogP contribution in [-0.2, 0) is 10.0 Å². The number of nitrogens with zero attached hydrogens (tertiary/aromatic N) is 3. The highest BCUT2D eigenvalue weighted by Crippen LogP contribution is 2.28. The molecule has 2 heterocycles. The zero-order chi connectivity index (χ0) is 20.1. The van der Waals surface area contributed by atoms with Gasteiger partial charge in [-0.3, -0.25) is 4.99 Å². The summed E-state index contributed by atoms with van der Waals surface area (Å²) in [6.45, 7) is 5.79. The zero-order valence-corrected chi connectivity index (χ0v) is 16.7. The van der Waals surface area contributed by atoms with E-state index in [1.165, 1.54) is 12.8 Å². The van der Waals surface area contributed by atoms with E-state index in [4.69, 9.17) is 0 Å². The van der Waals surface area contributed by atoms with Crippen molar-refractivity contribution in [1.82, 2.24) is 19.8 Å². The minimum atomic E-state index is -5.24. The zero-order valence-electron chi connectivity index (χ0n) is 15.9. The van der Waals surface area contributed by atoms with Crippen molar-refractivity contribution in [2.75, 3.05) is 46.3 Å². The van der Waals surface area contributed by atoms with Crippen LogP contribution in [0.5, 0.6) is 0 Å². The van der Waals surface area contributed by atoms with E-state index in [9.17, 15) is 21.6 Å². The molecule has 0 aromatic heterocycles. The molecule has 0 aliphatic carbocycles. The number of halogens is 3. The molecule has 11 heteroatoms. The second-order valence-electron chi connectivity index (χ2n) is 7.32. The number of likely N-dealkylation sites (tertiary alicyclic amines) is 1. The number of hydrogen-bond acceptors (Lipinski definition) is 4. The summed E-state index contributed by atoms with van der Waals surface area (Å²) in [4.78, 5) is 6.56. The Kier molecular flexibility index (Phi) is 7.75. The van der Waals surface area contributed by atoms with Crippen molar-refractivity contribution in [1.29, 1.82) is 0 Å². The van der Waals surface area contributed by atoms with Crippen LogP contribution in [0.4, 0.5) is 13.2 Å². The average molecular weight is 414 g/mol. The molecule has 0 aromatic rings. The smallest absolute Gasteiger partial charge is 0.355 e. The van der Waals surface area contributed by atoms with E-state index >= 15 is 0 Å². The van der Waals surface area contributed by atoms with Crippen LogP contribution < -0.4 is 10.6 Å². The Bertz CT molecular complexity index is 604. The van der Waals surface area contributed by atoms with Crippen molar-refractivity contribution in [3.8, 4) is 0 Å². The Balaban J connectivity index is 1.73. The summed E-state index contributed by atoms with van der Waals surface area (Å²) in [7, 11) is -3.59. The molecule has 27 heavy (non-hydrogen) atoms. The van der Waals surface area contributed by atoms with Crippen molar-refractivity contribution < 1.29 is 21.6 Å². The van der Waals surface area contributed by atoms with Gasteiger partial charge in [-0.2, -0.15) is 17.5 Å². The molecule has 0 saturated carbocycles. The van der Waals surface area contributed by atoms with Gasteiger partial charge in [-0.25, -0.2) is 8.42 Å². The van der Waals surface area contributed by atoms with Crippen LogP contribution in [0.25, 0.3) is 0 Å². The standard InChI is InChI=1S/C16H30F3N5O2S/c1-13-4-3-8-23(12-13)11-7-21-15(20-2)22-14-5-9-24(10-6-14)27(25,26)16(17,18)19/h13-14H,3-12H2,1-2H3,(H2,20,21,22). The van der Waals surface area contributed by atoms with Gasteiger partial charge in [0.15, 0.2) is 5.96 Å². The second kappa shape index (κ2) is 9.42. The summed E-state index contributed by atoms with van der Waals surface area (Å²) >= 11 is 0. The summed E-state index contributed by atoms with van der Waals surface area (Å²) < 4.78 is 61.3. The Morgan fingerprint density at radius 3 is 2.41 bits per heavy atom. The van der Waals surface area contributed by atoms with E-state index in [0.717, 1.165) is 26.2 Å². The third-order valence-corrected chi connectivity index (χ3v) is 6.74. The average Bonchev–Trinajstić information content (AvgIpc) is 2.60. The van der Waals surface area contributed by atoms with Crippen LogP contribution in [0.15, 0.2) is 4.99 Å². The first kappa shape index (κ1) is 22.2. The maximum absolute atomic E-state index is 12.6. The maximum atomic E-state index is 12.6. The first-order valence-electron chi connectivity index (χ1n) is 9.39. The third kappa shape index (κ3) is 6.21. The van der Waals surface area contributed by atoms with Gasteiger partial charge in [0.1, 0.15) is 0 Å². The van der Waals surface area contributed by atoms with Gasteiger partial charge in [0.25, 0.3) is 0 Å². The highest BCUT2D eigenvalue weighted by molar-refractivity contribution is 7.90. The van der Waals surface area contributed by atoms with Gasteiger partial charge in [0.2, 0.25) is 0 Å².